The summed E-state index contributed by atoms with van der Waals surface area (Å²) in [6.07, 6.45) is -0.230. The number of rotatable bonds is 11. The summed E-state index contributed by atoms with van der Waals surface area (Å²) >= 11 is 0. The fourth-order valence-corrected chi connectivity index (χ4v) is 3.46. The zero-order valence-corrected chi connectivity index (χ0v) is 22.2. The molecule has 38 heavy (non-hydrogen) atoms. The number of ether oxygens (including phenoxy) is 3. The van der Waals surface area contributed by atoms with Crippen LogP contribution in [0.1, 0.15) is 46.1 Å². The minimum Gasteiger partial charge on any atom is -0.492 e. The fourth-order valence-electron chi connectivity index (χ4n) is 3.46. The second-order valence-electron chi connectivity index (χ2n) is 9.59. The van der Waals surface area contributed by atoms with Crippen LogP contribution >= 0.6 is 0 Å². The van der Waals surface area contributed by atoms with E-state index in [2.05, 4.69) is 31.4 Å². The van der Waals surface area contributed by atoms with Crippen LogP contribution in [0.5, 0.6) is 17.2 Å². The molecule has 0 aliphatic carbocycles. The van der Waals surface area contributed by atoms with E-state index in [0.29, 0.717) is 29.5 Å². The molecule has 0 fully saturated rings. The number of anilines is 2. The highest BCUT2D eigenvalue weighted by atomic mass is 16.5. The lowest BCUT2D eigenvalue weighted by Gasteiger charge is -2.19. The average Bonchev–Trinajstić information content (AvgIpc) is 2.88. The molecule has 0 aromatic heterocycles. The molecule has 3 rings (SSSR count). The summed E-state index contributed by atoms with van der Waals surface area (Å²) in [4.78, 5) is 36.4. The van der Waals surface area contributed by atoms with Crippen molar-refractivity contribution in [2.24, 2.45) is 0 Å². The van der Waals surface area contributed by atoms with Crippen molar-refractivity contribution in [3.8, 4) is 17.2 Å². The Morgan fingerprint density at radius 1 is 0.763 bits per heavy atom. The first-order valence-electron chi connectivity index (χ1n) is 12.5. The quantitative estimate of drug-likeness (QED) is 0.299. The molecule has 0 saturated heterocycles. The predicted molar refractivity (Wildman–Crippen MR) is 147 cm³/mol. The van der Waals surface area contributed by atoms with Gasteiger partial charge in [0.05, 0.1) is 18.7 Å². The van der Waals surface area contributed by atoms with Gasteiger partial charge in [-0.1, -0.05) is 45.0 Å². The molecule has 2 N–H and O–H groups in total. The zero-order valence-electron chi connectivity index (χ0n) is 22.2. The van der Waals surface area contributed by atoms with Gasteiger partial charge in [-0.2, -0.15) is 0 Å². The van der Waals surface area contributed by atoms with Crippen LogP contribution < -0.4 is 20.1 Å². The molecule has 0 radical (unpaired) electrons. The molecule has 2 amide bonds. The highest BCUT2D eigenvalue weighted by molar-refractivity contribution is 5.95. The number of hydrogen-bond acceptors (Lipinski definition) is 6. The van der Waals surface area contributed by atoms with Crippen molar-refractivity contribution >= 4 is 29.2 Å². The van der Waals surface area contributed by atoms with Crippen molar-refractivity contribution in [3.05, 3.63) is 78.4 Å². The summed E-state index contributed by atoms with van der Waals surface area (Å²) in [5.74, 6) is 0.402. The van der Waals surface area contributed by atoms with Crippen molar-refractivity contribution in [2.45, 2.75) is 46.0 Å². The van der Waals surface area contributed by atoms with Crippen molar-refractivity contribution in [1.82, 2.24) is 0 Å². The van der Waals surface area contributed by atoms with E-state index in [1.54, 1.807) is 48.5 Å². The maximum absolute atomic E-state index is 12.2. The second kappa shape index (κ2) is 13.3. The van der Waals surface area contributed by atoms with Gasteiger partial charge in [0, 0.05) is 12.1 Å². The number of benzene rings is 3. The summed E-state index contributed by atoms with van der Waals surface area (Å²) in [6.45, 7) is 8.30. The first-order valence-corrected chi connectivity index (χ1v) is 12.5. The summed E-state index contributed by atoms with van der Waals surface area (Å²) in [6, 6.07) is 21.9. The van der Waals surface area contributed by atoms with E-state index < -0.39 is 18.5 Å². The standard InChI is InChI=1S/C30H34N2O6/c1-5-36-26-9-7-6-8-25(26)32-28(34)20-37-29(35)19-18-27(33)31-22-12-16-24(17-13-22)38-23-14-10-21(11-15-23)30(2,3)4/h6-17H,5,18-20H2,1-4H3,(H,31,33)(H,32,34). The van der Waals surface area contributed by atoms with Crippen LogP contribution in [0.25, 0.3) is 0 Å². The largest absolute Gasteiger partial charge is 0.492 e. The van der Waals surface area contributed by atoms with E-state index in [0.717, 1.165) is 5.75 Å². The molecule has 0 atom stereocenters. The van der Waals surface area contributed by atoms with Crippen LogP contribution in [0.15, 0.2) is 72.8 Å². The first kappa shape index (κ1) is 28.2. The van der Waals surface area contributed by atoms with Crippen LogP contribution in [0.3, 0.4) is 0 Å². The smallest absolute Gasteiger partial charge is 0.306 e. The molecule has 3 aromatic rings. The molecule has 8 nitrogen and oxygen atoms in total. The molecule has 200 valence electrons. The molecule has 8 heteroatoms. The summed E-state index contributed by atoms with van der Waals surface area (Å²) in [5.41, 5.74) is 2.36. The lowest BCUT2D eigenvalue weighted by molar-refractivity contribution is -0.147. The number of para-hydroxylation sites is 2. The topological polar surface area (TPSA) is 103 Å². The van der Waals surface area contributed by atoms with Crippen molar-refractivity contribution in [2.75, 3.05) is 23.8 Å². The Hall–Kier alpha value is -4.33. The number of carbonyl (C=O) groups is 3. The Balaban J connectivity index is 1.38. The Labute approximate surface area is 223 Å². The molecule has 3 aromatic carbocycles. The molecule has 0 unspecified atom stereocenters. The minimum atomic E-state index is -0.644. The first-order chi connectivity index (χ1) is 18.1. The maximum Gasteiger partial charge on any atom is 0.306 e. The van der Waals surface area contributed by atoms with E-state index in [4.69, 9.17) is 14.2 Å². The Morgan fingerprint density at radius 2 is 1.39 bits per heavy atom. The van der Waals surface area contributed by atoms with Gasteiger partial charge in [0.1, 0.15) is 17.2 Å². The molecule has 0 aliphatic heterocycles. The van der Waals surface area contributed by atoms with E-state index in [1.165, 1.54) is 5.56 Å². The van der Waals surface area contributed by atoms with Gasteiger partial charge in [-0.15, -0.1) is 0 Å². The fraction of sp³-hybridized carbons (Fsp3) is 0.300. The number of amides is 2. The van der Waals surface area contributed by atoms with Gasteiger partial charge in [0.2, 0.25) is 5.91 Å². The third-order valence-corrected chi connectivity index (χ3v) is 5.48. The van der Waals surface area contributed by atoms with E-state index in [1.807, 2.05) is 31.2 Å². The molecular formula is C30H34N2O6. The molecule has 0 aliphatic rings. The van der Waals surface area contributed by atoms with Gasteiger partial charge in [-0.25, -0.2) is 0 Å². The van der Waals surface area contributed by atoms with Crippen LogP contribution in [0.4, 0.5) is 11.4 Å². The third kappa shape index (κ3) is 8.96. The SMILES string of the molecule is CCOc1ccccc1NC(=O)COC(=O)CCC(=O)Nc1ccc(Oc2ccc(C(C)(C)C)cc2)cc1. The van der Waals surface area contributed by atoms with Gasteiger partial charge >= 0.3 is 5.97 Å². The lowest BCUT2D eigenvalue weighted by Crippen LogP contribution is -2.22. The van der Waals surface area contributed by atoms with Gasteiger partial charge in [0.15, 0.2) is 6.61 Å². The number of carbonyl (C=O) groups excluding carboxylic acids is 3. The minimum absolute atomic E-state index is 0.0699. The highest BCUT2D eigenvalue weighted by Crippen LogP contribution is 2.28. The zero-order chi connectivity index (χ0) is 27.5. The second-order valence-corrected chi connectivity index (χ2v) is 9.59. The van der Waals surface area contributed by atoms with Crippen molar-refractivity contribution < 1.29 is 28.6 Å². The summed E-state index contributed by atoms with van der Waals surface area (Å²) < 4.78 is 16.3. The molecule has 0 saturated carbocycles. The summed E-state index contributed by atoms with van der Waals surface area (Å²) in [7, 11) is 0. The monoisotopic (exact) mass is 518 g/mol. The Morgan fingerprint density at radius 3 is 2.03 bits per heavy atom. The van der Waals surface area contributed by atoms with Gasteiger partial charge in [-0.3, -0.25) is 14.4 Å². The van der Waals surface area contributed by atoms with E-state index >= 15 is 0 Å². The van der Waals surface area contributed by atoms with Gasteiger partial charge in [-0.05, 0) is 66.4 Å². The van der Waals surface area contributed by atoms with Gasteiger partial charge < -0.3 is 24.8 Å². The van der Waals surface area contributed by atoms with Gasteiger partial charge in [0.25, 0.3) is 5.91 Å². The third-order valence-electron chi connectivity index (χ3n) is 5.48. The Kier molecular flexibility index (Phi) is 9.87. The normalized spacial score (nSPS) is 10.8. The maximum atomic E-state index is 12.2. The lowest BCUT2D eigenvalue weighted by atomic mass is 9.87. The van der Waals surface area contributed by atoms with E-state index in [9.17, 15) is 14.4 Å². The van der Waals surface area contributed by atoms with Crippen molar-refractivity contribution in [1.29, 1.82) is 0 Å². The van der Waals surface area contributed by atoms with Crippen molar-refractivity contribution in [3.63, 3.8) is 0 Å². The molecule has 0 bridgehead atoms. The summed E-state index contributed by atoms with van der Waals surface area (Å²) in [5, 5.41) is 5.38. The number of hydrogen-bond donors (Lipinski definition) is 2. The highest BCUT2D eigenvalue weighted by Gasteiger charge is 2.14. The Bertz CT molecular complexity index is 1230. The number of nitrogens with one attached hydrogen (secondary N) is 2. The number of esters is 1. The molecule has 0 spiro atoms. The van der Waals surface area contributed by atoms with Crippen LogP contribution in [-0.4, -0.2) is 31.0 Å². The van der Waals surface area contributed by atoms with Crippen LogP contribution in [0, 0.1) is 0 Å². The van der Waals surface area contributed by atoms with Crippen LogP contribution in [0.2, 0.25) is 0 Å². The average molecular weight is 519 g/mol. The molecule has 0 heterocycles. The predicted octanol–water partition coefficient (Wildman–Crippen LogP) is 6.08. The van der Waals surface area contributed by atoms with Crippen LogP contribution in [-0.2, 0) is 24.5 Å². The van der Waals surface area contributed by atoms with E-state index in [-0.39, 0.29) is 24.2 Å². The molecular weight excluding hydrogens is 484 g/mol.